The zero-order valence-electron chi connectivity index (χ0n) is 21.0. The number of aromatic nitrogens is 3. The Morgan fingerprint density at radius 2 is 1.70 bits per heavy atom. The summed E-state index contributed by atoms with van der Waals surface area (Å²) in [7, 11) is -3.39. The van der Waals surface area contributed by atoms with E-state index in [0.29, 0.717) is 10.8 Å². The Hall–Kier alpha value is -3.76. The van der Waals surface area contributed by atoms with Crippen LogP contribution in [0.4, 0.5) is 11.4 Å². The van der Waals surface area contributed by atoms with Gasteiger partial charge in [-0.1, -0.05) is 12.1 Å². The molecule has 8 nitrogen and oxygen atoms in total. The third-order valence-corrected chi connectivity index (χ3v) is 7.45. The maximum absolute atomic E-state index is 11.8. The number of pyridine rings is 2. The van der Waals surface area contributed by atoms with E-state index in [1.807, 2.05) is 55.5 Å². The predicted octanol–water partition coefficient (Wildman–Crippen LogP) is 4.74. The van der Waals surface area contributed by atoms with Gasteiger partial charge in [-0.2, -0.15) is 0 Å². The van der Waals surface area contributed by atoms with E-state index < -0.39 is 10.0 Å². The maximum Gasteiger partial charge on any atom is 0.229 e. The van der Waals surface area contributed by atoms with Crippen molar-refractivity contribution in [3.63, 3.8) is 0 Å². The number of hydrogen-bond acceptors (Lipinski definition) is 5. The second-order valence-corrected chi connectivity index (χ2v) is 11.4. The molecule has 4 heterocycles. The molecular formula is C27H28N6O2S2. The molecule has 0 bridgehead atoms. The second-order valence-electron chi connectivity index (χ2n) is 9.22. The van der Waals surface area contributed by atoms with Crippen molar-refractivity contribution in [3.05, 3.63) is 101 Å². The lowest BCUT2D eigenvalue weighted by molar-refractivity contribution is 0.565. The number of anilines is 2. The molecule has 37 heavy (non-hydrogen) atoms. The van der Waals surface area contributed by atoms with Gasteiger partial charge in [-0.05, 0) is 92.6 Å². The predicted molar refractivity (Wildman–Crippen MR) is 151 cm³/mol. The van der Waals surface area contributed by atoms with Crippen LogP contribution in [0.3, 0.4) is 0 Å². The molecule has 1 fully saturated rings. The van der Waals surface area contributed by atoms with Crippen molar-refractivity contribution in [1.29, 1.82) is 0 Å². The fraction of sp³-hybridized carbons (Fsp3) is 0.222. The van der Waals surface area contributed by atoms with Gasteiger partial charge in [0.25, 0.3) is 0 Å². The molecule has 2 atom stereocenters. The number of aryl methyl sites for hydroxylation is 2. The Bertz CT molecular complexity index is 1570. The van der Waals surface area contributed by atoms with Gasteiger partial charge in [0.15, 0.2) is 5.11 Å². The minimum absolute atomic E-state index is 0.194. The highest BCUT2D eigenvalue weighted by atomic mass is 32.2. The van der Waals surface area contributed by atoms with E-state index in [1.165, 1.54) is 0 Å². The third-order valence-electron chi connectivity index (χ3n) is 6.55. The first-order valence-electron chi connectivity index (χ1n) is 11.8. The monoisotopic (exact) mass is 532 g/mol. The molecule has 1 saturated heterocycles. The number of hydrogen-bond donors (Lipinski definition) is 2. The summed E-state index contributed by atoms with van der Waals surface area (Å²) >= 11 is 5.87. The Morgan fingerprint density at radius 3 is 2.32 bits per heavy atom. The van der Waals surface area contributed by atoms with Gasteiger partial charge in [0.1, 0.15) is 5.82 Å². The van der Waals surface area contributed by atoms with Crippen molar-refractivity contribution < 1.29 is 8.42 Å². The van der Waals surface area contributed by atoms with Crippen molar-refractivity contribution >= 4 is 38.7 Å². The zero-order chi connectivity index (χ0) is 26.3. The molecule has 1 aliphatic rings. The van der Waals surface area contributed by atoms with Crippen molar-refractivity contribution in [2.24, 2.45) is 0 Å². The van der Waals surface area contributed by atoms with Crippen LogP contribution in [-0.4, -0.2) is 34.3 Å². The molecule has 190 valence electrons. The van der Waals surface area contributed by atoms with Gasteiger partial charge in [0.05, 0.1) is 29.7 Å². The minimum atomic E-state index is -3.39. The number of sulfonamides is 1. The van der Waals surface area contributed by atoms with Crippen LogP contribution < -0.4 is 14.9 Å². The molecule has 0 amide bonds. The summed E-state index contributed by atoms with van der Waals surface area (Å²) in [6, 6.07) is 19.1. The SMILES string of the molecule is Cc1cc(N2C(=S)NC(c3ccccn3)C2c2cc(C)n(-c3ccccn3)c2C)ccc1NS(C)(=O)=O. The fourth-order valence-corrected chi connectivity index (χ4v) is 5.96. The smallest absolute Gasteiger partial charge is 0.229 e. The Morgan fingerprint density at radius 1 is 0.973 bits per heavy atom. The van der Waals surface area contributed by atoms with Crippen LogP contribution in [0.1, 0.15) is 40.3 Å². The third kappa shape index (κ3) is 4.82. The van der Waals surface area contributed by atoms with Crippen LogP contribution in [0.25, 0.3) is 5.82 Å². The molecule has 4 aromatic rings. The zero-order valence-corrected chi connectivity index (χ0v) is 22.6. The lowest BCUT2D eigenvalue weighted by Crippen LogP contribution is -2.29. The molecule has 1 aliphatic heterocycles. The molecule has 0 saturated carbocycles. The summed E-state index contributed by atoms with van der Waals surface area (Å²) in [5.74, 6) is 0.852. The van der Waals surface area contributed by atoms with Crippen LogP contribution in [0.15, 0.2) is 73.1 Å². The lowest BCUT2D eigenvalue weighted by atomic mass is 9.96. The van der Waals surface area contributed by atoms with Crippen molar-refractivity contribution in [3.8, 4) is 5.82 Å². The maximum atomic E-state index is 11.8. The molecule has 0 aliphatic carbocycles. The second kappa shape index (κ2) is 9.60. The van der Waals surface area contributed by atoms with Gasteiger partial charge in [-0.25, -0.2) is 13.4 Å². The normalized spacial score (nSPS) is 17.6. The molecule has 10 heteroatoms. The topological polar surface area (TPSA) is 92.2 Å². The number of nitrogens with zero attached hydrogens (tertiary/aromatic N) is 4. The van der Waals surface area contributed by atoms with Gasteiger partial charge < -0.3 is 14.8 Å². The van der Waals surface area contributed by atoms with Crippen LogP contribution in [0.5, 0.6) is 0 Å². The van der Waals surface area contributed by atoms with Crippen molar-refractivity contribution in [2.75, 3.05) is 15.9 Å². The minimum Gasteiger partial charge on any atom is -0.351 e. The molecule has 0 radical (unpaired) electrons. The number of nitrogens with one attached hydrogen (secondary N) is 2. The van der Waals surface area contributed by atoms with Gasteiger partial charge in [0.2, 0.25) is 10.0 Å². The number of rotatable bonds is 6. The first-order valence-corrected chi connectivity index (χ1v) is 14.1. The summed E-state index contributed by atoms with van der Waals surface area (Å²) in [6.45, 7) is 6.04. The average molecular weight is 533 g/mol. The van der Waals surface area contributed by atoms with Crippen molar-refractivity contribution in [2.45, 2.75) is 32.9 Å². The van der Waals surface area contributed by atoms with Gasteiger partial charge in [-0.3, -0.25) is 9.71 Å². The van der Waals surface area contributed by atoms with E-state index >= 15 is 0 Å². The van der Waals surface area contributed by atoms with Gasteiger partial charge >= 0.3 is 0 Å². The molecule has 0 spiro atoms. The molecule has 2 N–H and O–H groups in total. The molecule has 1 aromatic carbocycles. The van der Waals surface area contributed by atoms with Crippen molar-refractivity contribution in [1.82, 2.24) is 19.9 Å². The number of thiocarbonyl (C=S) groups is 1. The summed E-state index contributed by atoms with van der Waals surface area (Å²) in [5, 5.41) is 4.07. The average Bonchev–Trinajstić information content (AvgIpc) is 3.35. The lowest BCUT2D eigenvalue weighted by Gasteiger charge is -2.28. The highest BCUT2D eigenvalue weighted by molar-refractivity contribution is 7.92. The molecule has 3 aromatic heterocycles. The van der Waals surface area contributed by atoms with Crippen LogP contribution >= 0.6 is 12.2 Å². The highest BCUT2D eigenvalue weighted by Crippen LogP contribution is 2.44. The number of benzene rings is 1. The summed E-state index contributed by atoms with van der Waals surface area (Å²) in [5.41, 5.74) is 6.30. The Labute approximate surface area is 222 Å². The molecule has 5 rings (SSSR count). The van der Waals surface area contributed by atoms with E-state index in [-0.39, 0.29) is 12.1 Å². The van der Waals surface area contributed by atoms with E-state index in [2.05, 4.69) is 49.4 Å². The largest absolute Gasteiger partial charge is 0.351 e. The summed E-state index contributed by atoms with van der Waals surface area (Å²) in [6.07, 6.45) is 4.72. The highest BCUT2D eigenvalue weighted by Gasteiger charge is 2.42. The first kappa shape index (κ1) is 24.9. The van der Waals surface area contributed by atoms with Gasteiger partial charge in [0, 0.05) is 29.5 Å². The van der Waals surface area contributed by atoms with Crippen LogP contribution in [-0.2, 0) is 10.0 Å². The van der Waals surface area contributed by atoms with E-state index in [0.717, 1.165) is 46.0 Å². The van der Waals surface area contributed by atoms with Crippen LogP contribution in [0.2, 0.25) is 0 Å². The van der Waals surface area contributed by atoms with Gasteiger partial charge in [-0.15, -0.1) is 0 Å². The summed E-state index contributed by atoms with van der Waals surface area (Å²) < 4.78 is 28.3. The Balaban J connectivity index is 1.65. The fourth-order valence-electron chi connectivity index (χ4n) is 4.99. The first-order chi connectivity index (χ1) is 17.6. The quantitative estimate of drug-likeness (QED) is 0.347. The van der Waals surface area contributed by atoms with E-state index in [4.69, 9.17) is 12.2 Å². The van der Waals surface area contributed by atoms with E-state index in [9.17, 15) is 8.42 Å². The van der Waals surface area contributed by atoms with Crippen LogP contribution in [0, 0.1) is 20.8 Å². The molecule has 2 unspecified atom stereocenters. The molecular weight excluding hydrogens is 504 g/mol. The van der Waals surface area contributed by atoms with E-state index in [1.54, 1.807) is 18.5 Å². The Kier molecular flexibility index (Phi) is 6.47. The standard InChI is InChI=1S/C27H28N6O2S2/c1-17-15-20(11-12-22(17)31-37(4,34)35)33-26(25(30-27(33)36)23-9-5-7-13-28-23)21-16-18(2)32(19(21)3)24-10-6-8-14-29-24/h5-16,25-26,31H,1-4H3,(H,30,36). The summed E-state index contributed by atoms with van der Waals surface area (Å²) in [4.78, 5) is 11.3.